The van der Waals surface area contributed by atoms with Gasteiger partial charge in [0.1, 0.15) is 11.5 Å². The van der Waals surface area contributed by atoms with E-state index < -0.39 is 0 Å². The molecule has 2 rings (SSSR count). The molecule has 0 N–H and O–H groups in total. The normalized spacial score (nSPS) is 14.8. The van der Waals surface area contributed by atoms with E-state index in [-0.39, 0.29) is 37.0 Å². The average molecular weight is 367 g/mol. The van der Waals surface area contributed by atoms with Crippen LogP contribution in [0.4, 0.5) is 0 Å². The Bertz CT molecular complexity index is 618. The zero-order valence-corrected chi connectivity index (χ0v) is 15.1. The number of hydrogen-bond acceptors (Lipinski definition) is 4. The third-order valence-corrected chi connectivity index (χ3v) is 4.32. The van der Waals surface area contributed by atoms with E-state index in [2.05, 4.69) is 0 Å². The molecule has 0 unspecified atom stereocenters. The van der Waals surface area contributed by atoms with Gasteiger partial charge < -0.3 is 19.3 Å². The van der Waals surface area contributed by atoms with Gasteiger partial charge in [-0.3, -0.25) is 9.59 Å². The smallest absolute Gasteiger partial charge is 0.260 e. The van der Waals surface area contributed by atoms with E-state index in [9.17, 15) is 14.4 Å². The Hall–Kier alpha value is -2.08. The van der Waals surface area contributed by atoms with Gasteiger partial charge >= 0.3 is 0 Å². The molecule has 0 saturated carbocycles. The number of benzene rings is 1. The minimum Gasteiger partial charge on any atom is -0.484 e. The van der Waals surface area contributed by atoms with Crippen molar-refractivity contribution in [3.05, 3.63) is 29.3 Å². The zero-order chi connectivity index (χ0) is 18.2. The van der Waals surface area contributed by atoms with Gasteiger partial charge in [0.2, 0.25) is 5.91 Å². The van der Waals surface area contributed by atoms with E-state index in [1.807, 2.05) is 0 Å². The van der Waals surface area contributed by atoms with Crippen molar-refractivity contribution >= 4 is 29.2 Å². The van der Waals surface area contributed by atoms with Crippen molar-refractivity contribution < 1.29 is 19.1 Å². The highest BCUT2D eigenvalue weighted by atomic mass is 35.5. The van der Waals surface area contributed by atoms with Crippen molar-refractivity contribution in [1.29, 1.82) is 0 Å². The average Bonchev–Trinajstić information content (AvgIpc) is 2.85. The summed E-state index contributed by atoms with van der Waals surface area (Å²) in [5.41, 5.74) is 0. The van der Waals surface area contributed by atoms with Gasteiger partial charge in [0, 0.05) is 44.0 Å². The minimum atomic E-state index is -0.104. The first-order chi connectivity index (χ1) is 12.0. The predicted octanol–water partition coefficient (Wildman–Crippen LogP) is 2.15. The van der Waals surface area contributed by atoms with E-state index in [0.29, 0.717) is 37.0 Å². The van der Waals surface area contributed by atoms with E-state index in [1.54, 1.807) is 34.1 Å². The molecule has 1 aliphatic rings. The SMILES string of the molecule is CC(=O)CCC(=O)N1CCCN(C(=O)COc2ccc(Cl)cc2)CC1. The summed E-state index contributed by atoms with van der Waals surface area (Å²) in [6, 6.07) is 6.84. The highest BCUT2D eigenvalue weighted by Crippen LogP contribution is 2.15. The fraction of sp³-hybridized carbons (Fsp3) is 0.500. The summed E-state index contributed by atoms with van der Waals surface area (Å²) in [4.78, 5) is 38.9. The molecule has 25 heavy (non-hydrogen) atoms. The quantitative estimate of drug-likeness (QED) is 0.773. The molecular weight excluding hydrogens is 344 g/mol. The topological polar surface area (TPSA) is 66.9 Å². The number of halogens is 1. The Morgan fingerprint density at radius 2 is 1.56 bits per heavy atom. The number of ketones is 1. The Labute approximate surface area is 152 Å². The zero-order valence-electron chi connectivity index (χ0n) is 14.4. The summed E-state index contributed by atoms with van der Waals surface area (Å²) < 4.78 is 5.49. The standard InChI is InChI=1S/C18H23ClN2O4/c1-14(22)3-8-17(23)20-9-2-10-21(12-11-20)18(24)13-25-16-6-4-15(19)5-7-16/h4-7H,2-3,8-13H2,1H3. The molecule has 0 atom stereocenters. The second kappa shape index (κ2) is 9.42. The summed E-state index contributed by atoms with van der Waals surface area (Å²) in [7, 11) is 0. The van der Waals surface area contributed by atoms with Gasteiger partial charge in [-0.2, -0.15) is 0 Å². The van der Waals surface area contributed by atoms with Crippen molar-refractivity contribution in [2.24, 2.45) is 0 Å². The third-order valence-electron chi connectivity index (χ3n) is 4.07. The summed E-state index contributed by atoms with van der Waals surface area (Å²) in [5, 5.41) is 0.612. The van der Waals surface area contributed by atoms with E-state index in [0.717, 1.165) is 6.42 Å². The molecule has 136 valence electrons. The van der Waals surface area contributed by atoms with Crippen LogP contribution in [0.1, 0.15) is 26.2 Å². The van der Waals surface area contributed by atoms with Crippen LogP contribution in [0.15, 0.2) is 24.3 Å². The Kier molecular flexibility index (Phi) is 7.25. The summed E-state index contributed by atoms with van der Waals surface area (Å²) in [6.07, 6.45) is 1.23. The lowest BCUT2D eigenvalue weighted by molar-refractivity contribution is -0.135. The van der Waals surface area contributed by atoms with Crippen molar-refractivity contribution in [1.82, 2.24) is 9.80 Å². The number of amides is 2. The molecular formula is C18H23ClN2O4. The fourth-order valence-corrected chi connectivity index (χ4v) is 2.75. The first-order valence-electron chi connectivity index (χ1n) is 8.39. The Morgan fingerprint density at radius 1 is 0.960 bits per heavy atom. The van der Waals surface area contributed by atoms with Crippen LogP contribution in [-0.4, -0.2) is 60.2 Å². The lowest BCUT2D eigenvalue weighted by Crippen LogP contribution is -2.39. The molecule has 2 amide bonds. The molecule has 6 nitrogen and oxygen atoms in total. The summed E-state index contributed by atoms with van der Waals surface area (Å²) in [5.74, 6) is 0.475. The van der Waals surface area contributed by atoms with E-state index in [4.69, 9.17) is 16.3 Å². The van der Waals surface area contributed by atoms with Crippen LogP contribution in [0.25, 0.3) is 0 Å². The van der Waals surface area contributed by atoms with Gasteiger partial charge in [0.15, 0.2) is 6.61 Å². The molecule has 7 heteroatoms. The number of ether oxygens (including phenoxy) is 1. The summed E-state index contributed by atoms with van der Waals surface area (Å²) >= 11 is 5.81. The lowest BCUT2D eigenvalue weighted by Gasteiger charge is -2.22. The second-order valence-corrected chi connectivity index (χ2v) is 6.50. The van der Waals surface area contributed by atoms with Crippen LogP contribution in [0, 0.1) is 0 Å². The van der Waals surface area contributed by atoms with Crippen molar-refractivity contribution in [2.75, 3.05) is 32.8 Å². The molecule has 0 bridgehead atoms. The number of hydrogen-bond donors (Lipinski definition) is 0. The minimum absolute atomic E-state index is 0.0133. The van der Waals surface area contributed by atoms with Crippen LogP contribution in [-0.2, 0) is 14.4 Å². The highest BCUT2D eigenvalue weighted by molar-refractivity contribution is 6.30. The van der Waals surface area contributed by atoms with Gasteiger partial charge in [-0.1, -0.05) is 11.6 Å². The molecule has 0 aromatic heterocycles. The molecule has 1 aromatic rings. The van der Waals surface area contributed by atoms with Crippen LogP contribution >= 0.6 is 11.6 Å². The number of carbonyl (C=O) groups is 3. The summed E-state index contributed by atoms with van der Waals surface area (Å²) in [6.45, 7) is 3.62. The molecule has 0 radical (unpaired) electrons. The van der Waals surface area contributed by atoms with E-state index in [1.165, 1.54) is 6.92 Å². The lowest BCUT2D eigenvalue weighted by atomic mass is 10.2. The van der Waals surface area contributed by atoms with Crippen molar-refractivity contribution in [2.45, 2.75) is 26.2 Å². The van der Waals surface area contributed by atoms with Crippen molar-refractivity contribution in [3.8, 4) is 5.75 Å². The second-order valence-electron chi connectivity index (χ2n) is 6.06. The van der Waals surface area contributed by atoms with Crippen LogP contribution < -0.4 is 4.74 Å². The maximum absolute atomic E-state index is 12.3. The maximum Gasteiger partial charge on any atom is 0.260 e. The molecule has 0 aliphatic carbocycles. The van der Waals surface area contributed by atoms with Crippen LogP contribution in [0.2, 0.25) is 5.02 Å². The molecule has 1 aliphatic heterocycles. The first-order valence-corrected chi connectivity index (χ1v) is 8.77. The highest BCUT2D eigenvalue weighted by Gasteiger charge is 2.22. The maximum atomic E-state index is 12.3. The number of carbonyl (C=O) groups excluding carboxylic acids is 3. The molecule has 1 aromatic carbocycles. The van der Waals surface area contributed by atoms with Crippen LogP contribution in [0.5, 0.6) is 5.75 Å². The number of rotatable bonds is 6. The van der Waals surface area contributed by atoms with Crippen LogP contribution in [0.3, 0.4) is 0 Å². The van der Waals surface area contributed by atoms with Gasteiger partial charge in [-0.25, -0.2) is 0 Å². The van der Waals surface area contributed by atoms with Gasteiger partial charge in [-0.05, 0) is 37.6 Å². The monoisotopic (exact) mass is 366 g/mol. The van der Waals surface area contributed by atoms with E-state index >= 15 is 0 Å². The van der Waals surface area contributed by atoms with Gasteiger partial charge in [0.25, 0.3) is 5.91 Å². The molecule has 1 heterocycles. The number of nitrogens with zero attached hydrogens (tertiary/aromatic N) is 2. The van der Waals surface area contributed by atoms with Gasteiger partial charge in [-0.15, -0.1) is 0 Å². The Morgan fingerprint density at radius 3 is 2.16 bits per heavy atom. The molecule has 1 fully saturated rings. The first kappa shape index (κ1) is 19.2. The fourth-order valence-electron chi connectivity index (χ4n) is 2.62. The van der Waals surface area contributed by atoms with Crippen molar-refractivity contribution in [3.63, 3.8) is 0 Å². The van der Waals surface area contributed by atoms with Gasteiger partial charge in [0.05, 0.1) is 0 Å². The third kappa shape index (κ3) is 6.38. The largest absolute Gasteiger partial charge is 0.484 e. The predicted molar refractivity (Wildman–Crippen MR) is 94.6 cm³/mol. The molecule has 1 saturated heterocycles. The molecule has 0 spiro atoms. The number of Topliss-reactive ketones (excluding diaryl/α,β-unsaturated/α-hetero) is 1. The Balaban J connectivity index is 1.79.